The van der Waals surface area contributed by atoms with Gasteiger partial charge in [0, 0.05) is 49.9 Å². The van der Waals surface area contributed by atoms with E-state index in [-0.39, 0.29) is 5.91 Å². The zero-order valence-corrected chi connectivity index (χ0v) is 14.1. The zero-order valence-electron chi connectivity index (χ0n) is 13.4. The fraction of sp³-hybridized carbons (Fsp3) is 0.389. The Hall–Kier alpha value is -1.98. The van der Waals surface area contributed by atoms with Gasteiger partial charge in [0.15, 0.2) is 5.82 Å². The molecule has 5 nitrogen and oxygen atoms in total. The van der Waals surface area contributed by atoms with E-state index >= 15 is 0 Å². The van der Waals surface area contributed by atoms with Crippen LogP contribution in [0.4, 0.5) is 0 Å². The Labute approximate surface area is 146 Å². The summed E-state index contributed by atoms with van der Waals surface area (Å²) in [5.74, 6) is 0.647. The van der Waals surface area contributed by atoms with E-state index in [1.54, 1.807) is 18.5 Å². The molecule has 0 atom stereocenters. The number of nitrogens with one attached hydrogen (secondary N) is 1. The lowest BCUT2D eigenvalue weighted by Crippen LogP contribution is -2.50. The highest BCUT2D eigenvalue weighted by Crippen LogP contribution is 2.29. The molecule has 0 radical (unpaired) electrons. The summed E-state index contributed by atoms with van der Waals surface area (Å²) in [6.07, 6.45) is 5.82. The monoisotopic (exact) mass is 345 g/mol. The number of aromatic nitrogens is 2. The van der Waals surface area contributed by atoms with Crippen LogP contribution >= 0.6 is 11.6 Å². The first-order chi connectivity index (χ1) is 11.7. The van der Waals surface area contributed by atoms with Crippen LogP contribution in [-0.4, -0.2) is 29.1 Å². The van der Waals surface area contributed by atoms with Crippen molar-refractivity contribution in [2.45, 2.75) is 31.2 Å². The summed E-state index contributed by atoms with van der Waals surface area (Å²) >= 11 is 5.99. The molecule has 1 amide bonds. The Morgan fingerprint density at radius 3 is 2.67 bits per heavy atom. The third-order valence-corrected chi connectivity index (χ3v) is 4.48. The second-order valence-corrected chi connectivity index (χ2v) is 6.38. The molecule has 0 saturated carbocycles. The molecule has 126 valence electrons. The number of aryl methyl sites for hydroxylation is 1. The third kappa shape index (κ3) is 4.10. The molecule has 1 N–H and O–H groups in total. The van der Waals surface area contributed by atoms with E-state index in [1.165, 1.54) is 0 Å². The summed E-state index contributed by atoms with van der Waals surface area (Å²) in [5.41, 5.74) is 0.514. The Morgan fingerprint density at radius 2 is 1.96 bits per heavy atom. The van der Waals surface area contributed by atoms with Crippen molar-refractivity contribution in [3.8, 4) is 0 Å². The Balaban J connectivity index is 1.67. The van der Waals surface area contributed by atoms with Crippen LogP contribution in [0.25, 0.3) is 0 Å². The number of ether oxygens (including phenoxy) is 1. The minimum atomic E-state index is -0.537. The Morgan fingerprint density at radius 1 is 1.21 bits per heavy atom. The highest BCUT2D eigenvalue weighted by atomic mass is 35.5. The van der Waals surface area contributed by atoms with Crippen molar-refractivity contribution in [2.24, 2.45) is 0 Å². The lowest BCUT2D eigenvalue weighted by atomic mass is 9.88. The molecule has 24 heavy (non-hydrogen) atoms. The normalized spacial score (nSPS) is 16.5. The maximum atomic E-state index is 12.5. The van der Waals surface area contributed by atoms with Crippen molar-refractivity contribution in [2.75, 3.05) is 13.2 Å². The SMILES string of the molecule is O=C(CCc1cccc(Cl)c1)NC1(c2ncccn2)CCOCC1. The van der Waals surface area contributed by atoms with Gasteiger partial charge < -0.3 is 10.1 Å². The number of hydrogen-bond donors (Lipinski definition) is 1. The maximum Gasteiger partial charge on any atom is 0.221 e. The number of amides is 1. The lowest BCUT2D eigenvalue weighted by Gasteiger charge is -2.36. The van der Waals surface area contributed by atoms with Gasteiger partial charge in [0.1, 0.15) is 5.54 Å². The Bertz CT molecular complexity index is 688. The van der Waals surface area contributed by atoms with Gasteiger partial charge in [-0.3, -0.25) is 4.79 Å². The first-order valence-electron chi connectivity index (χ1n) is 8.09. The van der Waals surface area contributed by atoms with Crippen molar-refractivity contribution in [1.29, 1.82) is 0 Å². The van der Waals surface area contributed by atoms with Crippen molar-refractivity contribution >= 4 is 17.5 Å². The summed E-state index contributed by atoms with van der Waals surface area (Å²) in [5, 5.41) is 3.84. The van der Waals surface area contributed by atoms with Crippen LogP contribution < -0.4 is 5.32 Å². The number of rotatable bonds is 5. The van der Waals surface area contributed by atoms with Gasteiger partial charge in [0.2, 0.25) is 5.91 Å². The molecular weight excluding hydrogens is 326 g/mol. The van der Waals surface area contributed by atoms with Gasteiger partial charge in [-0.2, -0.15) is 0 Å². The predicted octanol–water partition coefficient (Wildman–Crippen LogP) is 2.88. The average Bonchev–Trinajstić information content (AvgIpc) is 2.62. The van der Waals surface area contributed by atoms with E-state index < -0.39 is 5.54 Å². The summed E-state index contributed by atoms with van der Waals surface area (Å²) in [6, 6.07) is 9.36. The second-order valence-electron chi connectivity index (χ2n) is 5.94. The Kier molecular flexibility index (Phi) is 5.43. The van der Waals surface area contributed by atoms with Crippen molar-refractivity contribution in [3.05, 3.63) is 59.1 Å². The molecule has 2 aromatic rings. The quantitative estimate of drug-likeness (QED) is 0.905. The molecule has 1 aromatic heterocycles. The van der Waals surface area contributed by atoms with Crippen molar-refractivity contribution in [1.82, 2.24) is 15.3 Å². The molecule has 0 bridgehead atoms. The third-order valence-electron chi connectivity index (χ3n) is 4.25. The van der Waals surface area contributed by atoms with E-state index in [0.29, 0.717) is 49.7 Å². The number of halogens is 1. The van der Waals surface area contributed by atoms with Gasteiger partial charge in [-0.05, 0) is 30.2 Å². The number of nitrogens with zero attached hydrogens (tertiary/aromatic N) is 2. The van der Waals surface area contributed by atoms with Crippen LogP contribution in [0.3, 0.4) is 0 Å². The molecular formula is C18H20ClN3O2. The molecule has 1 saturated heterocycles. The number of benzene rings is 1. The van der Waals surface area contributed by atoms with Gasteiger partial charge in [0.05, 0.1) is 0 Å². The molecule has 6 heteroatoms. The minimum Gasteiger partial charge on any atom is -0.381 e. The smallest absolute Gasteiger partial charge is 0.221 e. The maximum absolute atomic E-state index is 12.5. The second kappa shape index (κ2) is 7.73. The first kappa shape index (κ1) is 16.9. The molecule has 1 fully saturated rings. The number of hydrogen-bond acceptors (Lipinski definition) is 4. The van der Waals surface area contributed by atoms with E-state index in [9.17, 15) is 4.79 Å². The molecule has 0 aliphatic carbocycles. The number of carbonyl (C=O) groups is 1. The summed E-state index contributed by atoms with van der Waals surface area (Å²) in [7, 11) is 0. The summed E-state index contributed by atoms with van der Waals surface area (Å²) < 4.78 is 5.45. The van der Waals surface area contributed by atoms with Gasteiger partial charge in [-0.25, -0.2) is 9.97 Å². The van der Waals surface area contributed by atoms with Crippen LogP contribution in [0, 0.1) is 0 Å². The highest BCUT2D eigenvalue weighted by Gasteiger charge is 2.38. The van der Waals surface area contributed by atoms with Gasteiger partial charge >= 0.3 is 0 Å². The van der Waals surface area contributed by atoms with E-state index in [1.807, 2.05) is 24.3 Å². The zero-order chi connectivity index (χ0) is 16.8. The van der Waals surface area contributed by atoms with E-state index in [0.717, 1.165) is 5.56 Å². The van der Waals surface area contributed by atoms with Gasteiger partial charge in [-0.15, -0.1) is 0 Å². The van der Waals surface area contributed by atoms with Crippen molar-refractivity contribution in [3.63, 3.8) is 0 Å². The largest absolute Gasteiger partial charge is 0.381 e. The molecule has 3 rings (SSSR count). The molecule has 0 unspecified atom stereocenters. The molecule has 2 heterocycles. The van der Waals surface area contributed by atoms with E-state index in [2.05, 4.69) is 15.3 Å². The van der Waals surface area contributed by atoms with Crippen LogP contribution in [0.15, 0.2) is 42.7 Å². The summed E-state index contributed by atoms with van der Waals surface area (Å²) in [6.45, 7) is 1.18. The average molecular weight is 346 g/mol. The molecule has 1 aromatic carbocycles. The van der Waals surface area contributed by atoms with Crippen LogP contribution in [0.1, 0.15) is 30.7 Å². The van der Waals surface area contributed by atoms with Crippen LogP contribution in [0.5, 0.6) is 0 Å². The van der Waals surface area contributed by atoms with Crippen molar-refractivity contribution < 1.29 is 9.53 Å². The fourth-order valence-corrected chi connectivity index (χ4v) is 3.16. The fourth-order valence-electron chi connectivity index (χ4n) is 2.95. The molecule has 0 spiro atoms. The van der Waals surface area contributed by atoms with E-state index in [4.69, 9.17) is 16.3 Å². The van der Waals surface area contributed by atoms with Crippen LogP contribution in [0.2, 0.25) is 5.02 Å². The highest BCUT2D eigenvalue weighted by molar-refractivity contribution is 6.30. The standard InChI is InChI=1S/C18H20ClN3O2/c19-15-4-1-3-14(13-15)5-6-16(23)22-18(7-11-24-12-8-18)17-20-9-2-10-21-17/h1-4,9-10,13H,5-8,11-12H2,(H,22,23). The van der Waals surface area contributed by atoms with Crippen LogP contribution in [-0.2, 0) is 21.5 Å². The minimum absolute atomic E-state index is 0.00988. The lowest BCUT2D eigenvalue weighted by molar-refractivity contribution is -0.124. The molecule has 1 aliphatic heterocycles. The van der Waals surface area contributed by atoms with Gasteiger partial charge in [-0.1, -0.05) is 23.7 Å². The van der Waals surface area contributed by atoms with Gasteiger partial charge in [0.25, 0.3) is 0 Å². The topological polar surface area (TPSA) is 64.1 Å². The number of carbonyl (C=O) groups excluding carboxylic acids is 1. The first-order valence-corrected chi connectivity index (χ1v) is 8.46. The summed E-state index contributed by atoms with van der Waals surface area (Å²) in [4.78, 5) is 21.2. The molecule has 1 aliphatic rings. The predicted molar refractivity (Wildman–Crippen MR) is 91.7 cm³/mol.